The molecule has 0 aromatic carbocycles. The van der Waals surface area contributed by atoms with Gasteiger partial charge in [0.05, 0.1) is 0 Å². The standard InChI is InChI=1S/2C7H9.2CHF3O3S.Zr/c2*1-2-7-5-3-4-6-7;2*2-1(3,4)8(5,6)7;/h2*3,5H,2,4H2,1H3;2*(H,5,6,7);/q;;;;+2/p-2. The molecule has 15 heteroatoms. The Labute approximate surface area is 187 Å². The molecule has 0 spiro atoms. The fourth-order valence-corrected chi connectivity index (χ4v) is 6.25. The Morgan fingerprint density at radius 2 is 1.03 bits per heavy atom. The number of hydrogen-bond donors (Lipinski definition) is 0. The van der Waals surface area contributed by atoms with Crippen LogP contribution in [0.4, 0.5) is 26.3 Å². The summed E-state index contributed by atoms with van der Waals surface area (Å²) < 4.78 is 121. The van der Waals surface area contributed by atoms with Crippen LogP contribution >= 0.6 is 0 Å². The van der Waals surface area contributed by atoms with Crippen LogP contribution in [0.1, 0.15) is 39.5 Å². The second kappa shape index (κ2) is 11.9. The summed E-state index contributed by atoms with van der Waals surface area (Å²) in [6.45, 7) is 4.57. The third-order valence-electron chi connectivity index (χ3n) is 3.69. The van der Waals surface area contributed by atoms with Gasteiger partial charge in [0.15, 0.2) is 20.2 Å². The molecule has 2 rings (SSSR count). The average Bonchev–Trinajstić information content (AvgIpc) is 3.21. The van der Waals surface area contributed by atoms with E-state index in [1.54, 1.807) is 11.1 Å². The second-order valence-corrected chi connectivity index (χ2v) is 12.2. The van der Waals surface area contributed by atoms with Gasteiger partial charge in [-0.1, -0.05) is 0 Å². The molecule has 0 saturated carbocycles. The molecule has 2 aliphatic rings. The van der Waals surface area contributed by atoms with Crippen molar-refractivity contribution >= 4 is 20.2 Å². The smallest absolute Gasteiger partial charge is 0.485 e. The van der Waals surface area contributed by atoms with Gasteiger partial charge >= 0.3 is 116 Å². The molecule has 0 unspecified atom stereocenters. The molecule has 0 radical (unpaired) electrons. The molecule has 0 amide bonds. The van der Waals surface area contributed by atoms with E-state index in [4.69, 9.17) is 25.9 Å². The van der Waals surface area contributed by atoms with Crippen molar-refractivity contribution in [2.75, 3.05) is 0 Å². The zero-order chi connectivity index (χ0) is 24.7. The molecule has 0 N–H and O–H groups in total. The summed E-state index contributed by atoms with van der Waals surface area (Å²) in [7, 11) is -12.2. The topological polar surface area (TPSA) is 114 Å². The van der Waals surface area contributed by atoms with Crippen LogP contribution in [0, 0.1) is 0 Å². The first-order chi connectivity index (χ1) is 13.8. The molecular formula is C16H18F6O6S2Zr. The van der Waals surface area contributed by atoms with Crippen LogP contribution in [0.2, 0.25) is 0 Å². The zero-order valence-electron chi connectivity index (χ0n) is 16.2. The van der Waals surface area contributed by atoms with Crippen molar-refractivity contribution in [1.29, 1.82) is 0 Å². The van der Waals surface area contributed by atoms with Crippen LogP contribution in [0.5, 0.6) is 0 Å². The van der Waals surface area contributed by atoms with Crippen molar-refractivity contribution in [3.8, 4) is 0 Å². The molecular weight excluding hydrogens is 558 g/mol. The van der Waals surface area contributed by atoms with E-state index < -0.39 is 54.5 Å². The number of alkyl halides is 6. The Morgan fingerprint density at radius 1 is 0.774 bits per heavy atom. The molecule has 0 heterocycles. The van der Waals surface area contributed by atoms with Crippen LogP contribution < -0.4 is 0 Å². The van der Waals surface area contributed by atoms with E-state index in [0.717, 1.165) is 0 Å². The number of halogens is 6. The van der Waals surface area contributed by atoms with Gasteiger partial charge in [-0.2, -0.15) is 26.3 Å². The minimum atomic E-state index is -6.09. The Kier molecular flexibility index (Phi) is 11.6. The fourth-order valence-electron chi connectivity index (χ4n) is 2.21. The predicted octanol–water partition coefficient (Wildman–Crippen LogP) is 4.42. The van der Waals surface area contributed by atoms with Gasteiger partial charge in [-0.25, -0.2) is 16.8 Å². The zero-order valence-corrected chi connectivity index (χ0v) is 20.3. The van der Waals surface area contributed by atoms with E-state index >= 15 is 0 Å². The van der Waals surface area contributed by atoms with Crippen LogP contribution in [0.15, 0.2) is 42.0 Å². The molecule has 0 aromatic heterocycles. The molecule has 6 nitrogen and oxygen atoms in total. The van der Waals surface area contributed by atoms with Crippen molar-refractivity contribution in [2.24, 2.45) is 0 Å². The number of hydrogen-bond acceptors (Lipinski definition) is 6. The normalized spacial score (nSPS) is 16.6. The molecule has 0 aromatic rings. The number of rotatable bonds is 4. The summed E-state index contributed by atoms with van der Waals surface area (Å²) in [6, 6.07) is 0. The number of allylic oxidation sites excluding steroid dienone is 8. The van der Waals surface area contributed by atoms with Gasteiger partial charge in [0, 0.05) is 0 Å². The van der Waals surface area contributed by atoms with Crippen LogP contribution in [-0.2, 0) is 43.5 Å². The Bertz CT molecular complexity index is 880. The summed E-state index contributed by atoms with van der Waals surface area (Å²) in [6.07, 6.45) is 14.4. The monoisotopic (exact) mass is 574 g/mol. The molecule has 2 aliphatic carbocycles. The second-order valence-electron chi connectivity index (χ2n) is 5.85. The first kappa shape index (κ1) is 30.2. The SMILES string of the molecule is CCC1=[C]([Zr+2][C]2=C(CC)C=CC2)CC=C1.O=S(=O)([O-])C(F)(F)F.O=S(=O)([O-])C(F)(F)F. The van der Waals surface area contributed by atoms with Gasteiger partial charge in [0.1, 0.15) is 0 Å². The Hall–Kier alpha value is -0.757. The van der Waals surface area contributed by atoms with Crippen LogP contribution in [-0.4, -0.2) is 37.0 Å². The van der Waals surface area contributed by atoms with Gasteiger partial charge in [0.25, 0.3) is 0 Å². The van der Waals surface area contributed by atoms with Crippen molar-refractivity contribution in [3.63, 3.8) is 0 Å². The van der Waals surface area contributed by atoms with Crippen LogP contribution in [0.25, 0.3) is 0 Å². The molecule has 0 atom stereocenters. The minimum absolute atomic E-state index is 0.417. The van der Waals surface area contributed by atoms with E-state index in [0.29, 0.717) is 0 Å². The minimum Gasteiger partial charge on any atom is -0.741 e. The summed E-state index contributed by atoms with van der Waals surface area (Å²) in [5, 5.41) is 0. The summed E-state index contributed by atoms with van der Waals surface area (Å²) in [5.41, 5.74) is -7.99. The van der Waals surface area contributed by atoms with E-state index in [1.807, 2.05) is 6.56 Å². The van der Waals surface area contributed by atoms with Gasteiger partial charge in [-0.05, 0) is 0 Å². The van der Waals surface area contributed by atoms with E-state index in [2.05, 4.69) is 38.2 Å². The van der Waals surface area contributed by atoms with Gasteiger partial charge < -0.3 is 9.11 Å². The molecule has 176 valence electrons. The maximum atomic E-state index is 10.7. The van der Waals surface area contributed by atoms with E-state index in [-0.39, 0.29) is 0 Å². The summed E-state index contributed by atoms with van der Waals surface area (Å²) in [4.78, 5) is 0. The van der Waals surface area contributed by atoms with Crippen molar-refractivity contribution in [3.05, 3.63) is 42.0 Å². The average molecular weight is 576 g/mol. The predicted molar refractivity (Wildman–Crippen MR) is 93.7 cm³/mol. The van der Waals surface area contributed by atoms with Crippen molar-refractivity contribution in [2.45, 2.75) is 50.5 Å². The maximum Gasteiger partial charge on any atom is 0.485 e. The molecule has 0 saturated heterocycles. The molecule has 31 heavy (non-hydrogen) atoms. The molecule has 0 bridgehead atoms. The largest absolute Gasteiger partial charge is 0.741 e. The van der Waals surface area contributed by atoms with Gasteiger partial charge in [0.2, 0.25) is 0 Å². The first-order valence-electron chi connectivity index (χ1n) is 8.43. The van der Waals surface area contributed by atoms with Crippen molar-refractivity contribution in [1.82, 2.24) is 0 Å². The van der Waals surface area contributed by atoms with E-state index in [1.165, 1.54) is 25.7 Å². The quantitative estimate of drug-likeness (QED) is 0.279. The third-order valence-corrected chi connectivity index (χ3v) is 8.89. The summed E-state index contributed by atoms with van der Waals surface area (Å²) >= 11 is -0.417. The maximum absolute atomic E-state index is 10.7. The van der Waals surface area contributed by atoms with Crippen LogP contribution in [0.3, 0.4) is 0 Å². The first-order valence-corrected chi connectivity index (χ1v) is 13.7. The van der Waals surface area contributed by atoms with E-state index in [9.17, 15) is 26.3 Å². The van der Waals surface area contributed by atoms with Gasteiger partial charge in [-0.15, -0.1) is 0 Å². The van der Waals surface area contributed by atoms with Crippen molar-refractivity contribution < 1.29 is 75.5 Å². The summed E-state index contributed by atoms with van der Waals surface area (Å²) in [5.74, 6) is 0. The third kappa shape index (κ3) is 10.6. The Balaban J connectivity index is 0.000000483. The van der Waals surface area contributed by atoms with Gasteiger partial charge in [-0.3, -0.25) is 0 Å². The molecule has 0 aliphatic heterocycles. The molecule has 0 fully saturated rings. The Morgan fingerprint density at radius 3 is 1.23 bits per heavy atom. The fraction of sp³-hybridized carbons (Fsp3) is 0.500.